The third-order valence-electron chi connectivity index (χ3n) is 2.43. The predicted octanol–water partition coefficient (Wildman–Crippen LogP) is 2.77. The van der Waals surface area contributed by atoms with Crippen molar-refractivity contribution in [3.63, 3.8) is 0 Å². The number of hydrogen-bond donors (Lipinski definition) is 2. The van der Waals surface area contributed by atoms with E-state index in [0.717, 1.165) is 24.3 Å². The summed E-state index contributed by atoms with van der Waals surface area (Å²) in [6, 6.07) is 7.44. The van der Waals surface area contributed by atoms with Crippen molar-refractivity contribution in [3.8, 4) is 5.75 Å². The Balaban J connectivity index is 2.42. The summed E-state index contributed by atoms with van der Waals surface area (Å²) >= 11 is 0. The van der Waals surface area contributed by atoms with Gasteiger partial charge in [0.05, 0.1) is 6.61 Å². The number of carbonyl (C=O) groups is 1. The van der Waals surface area contributed by atoms with E-state index >= 15 is 0 Å². The van der Waals surface area contributed by atoms with Crippen LogP contribution in [0, 0.1) is 0 Å². The molecule has 1 amide bonds. The van der Waals surface area contributed by atoms with E-state index < -0.39 is 5.91 Å². The molecule has 18 heavy (non-hydrogen) atoms. The van der Waals surface area contributed by atoms with Crippen molar-refractivity contribution in [1.82, 2.24) is 5.48 Å². The van der Waals surface area contributed by atoms with Crippen LogP contribution in [0.25, 0.3) is 6.08 Å². The molecule has 0 atom stereocenters. The van der Waals surface area contributed by atoms with E-state index in [4.69, 9.17) is 9.94 Å². The van der Waals surface area contributed by atoms with Crippen molar-refractivity contribution in [2.45, 2.75) is 26.2 Å². The molecule has 0 aliphatic rings. The van der Waals surface area contributed by atoms with Gasteiger partial charge in [-0.2, -0.15) is 0 Å². The van der Waals surface area contributed by atoms with Gasteiger partial charge in [0.25, 0.3) is 5.91 Å². The smallest absolute Gasteiger partial charge is 0.267 e. The van der Waals surface area contributed by atoms with E-state index in [2.05, 4.69) is 6.92 Å². The van der Waals surface area contributed by atoms with E-state index in [1.807, 2.05) is 24.3 Å². The zero-order valence-electron chi connectivity index (χ0n) is 10.6. The molecule has 98 valence electrons. The first-order chi connectivity index (χ1) is 8.76. The molecule has 0 saturated heterocycles. The number of unbranched alkanes of at least 4 members (excludes halogenated alkanes) is 2. The van der Waals surface area contributed by atoms with Crippen molar-refractivity contribution in [2.75, 3.05) is 6.61 Å². The Morgan fingerprint density at radius 2 is 2.06 bits per heavy atom. The molecular formula is C14H19NO3. The van der Waals surface area contributed by atoms with Gasteiger partial charge in [-0.3, -0.25) is 10.0 Å². The van der Waals surface area contributed by atoms with Crippen LogP contribution >= 0.6 is 0 Å². The first-order valence-electron chi connectivity index (χ1n) is 6.11. The van der Waals surface area contributed by atoms with Gasteiger partial charge in [-0.15, -0.1) is 0 Å². The number of rotatable bonds is 7. The lowest BCUT2D eigenvalue weighted by molar-refractivity contribution is -0.124. The van der Waals surface area contributed by atoms with Crippen LogP contribution in [0.4, 0.5) is 0 Å². The second-order valence-electron chi connectivity index (χ2n) is 3.93. The summed E-state index contributed by atoms with van der Waals surface area (Å²) in [6.45, 7) is 2.89. The molecule has 0 bridgehead atoms. The molecule has 0 aromatic heterocycles. The molecule has 2 N–H and O–H groups in total. The summed E-state index contributed by atoms with van der Waals surface area (Å²) in [5.41, 5.74) is 2.41. The van der Waals surface area contributed by atoms with Gasteiger partial charge in [-0.1, -0.05) is 31.9 Å². The Morgan fingerprint density at radius 1 is 1.33 bits per heavy atom. The second kappa shape index (κ2) is 8.31. The van der Waals surface area contributed by atoms with Gasteiger partial charge >= 0.3 is 0 Å². The maximum absolute atomic E-state index is 10.8. The third-order valence-corrected chi connectivity index (χ3v) is 2.43. The molecule has 1 aromatic carbocycles. The Bertz CT molecular complexity index is 385. The van der Waals surface area contributed by atoms with Crippen molar-refractivity contribution in [1.29, 1.82) is 0 Å². The summed E-state index contributed by atoms with van der Waals surface area (Å²) in [5, 5.41) is 8.33. The highest BCUT2D eigenvalue weighted by molar-refractivity contribution is 5.90. The number of amides is 1. The van der Waals surface area contributed by atoms with Crippen LogP contribution in [0.5, 0.6) is 5.75 Å². The van der Waals surface area contributed by atoms with Gasteiger partial charge in [0.1, 0.15) is 5.75 Å². The van der Waals surface area contributed by atoms with Gasteiger partial charge in [0.2, 0.25) is 0 Å². The van der Waals surface area contributed by atoms with Crippen LogP contribution in [-0.4, -0.2) is 17.7 Å². The lowest BCUT2D eigenvalue weighted by Crippen LogP contribution is -2.14. The largest absolute Gasteiger partial charge is 0.494 e. The Hall–Kier alpha value is -1.81. The number of benzene rings is 1. The monoisotopic (exact) mass is 249 g/mol. The summed E-state index contributed by atoms with van der Waals surface area (Å²) in [7, 11) is 0. The topological polar surface area (TPSA) is 58.6 Å². The van der Waals surface area contributed by atoms with Gasteiger partial charge in [0, 0.05) is 6.08 Å². The Kier molecular flexibility index (Phi) is 6.58. The molecule has 0 aliphatic carbocycles. The highest BCUT2D eigenvalue weighted by Crippen LogP contribution is 2.13. The minimum atomic E-state index is -0.546. The van der Waals surface area contributed by atoms with Crippen molar-refractivity contribution in [2.24, 2.45) is 0 Å². The van der Waals surface area contributed by atoms with Gasteiger partial charge in [0.15, 0.2) is 0 Å². The first kappa shape index (κ1) is 14.3. The summed E-state index contributed by atoms with van der Waals surface area (Å²) in [6.07, 6.45) is 6.30. The van der Waals surface area contributed by atoms with Crippen LogP contribution in [0.3, 0.4) is 0 Å². The minimum Gasteiger partial charge on any atom is -0.494 e. The number of hydroxylamine groups is 1. The van der Waals surface area contributed by atoms with Gasteiger partial charge in [-0.25, -0.2) is 5.48 Å². The normalized spacial score (nSPS) is 10.6. The van der Waals surface area contributed by atoms with Crippen molar-refractivity contribution >= 4 is 12.0 Å². The SMILES string of the molecule is CCCCCOc1ccc(/C=C/C(=O)NO)cc1. The molecule has 4 heteroatoms. The summed E-state index contributed by atoms with van der Waals surface area (Å²) in [5.74, 6) is 0.282. The van der Waals surface area contributed by atoms with Crippen LogP contribution in [0.15, 0.2) is 30.3 Å². The number of carbonyl (C=O) groups excluding carboxylic acids is 1. The fourth-order valence-corrected chi connectivity index (χ4v) is 1.43. The standard InChI is InChI=1S/C14H19NO3/c1-2-3-4-11-18-13-8-5-12(6-9-13)7-10-14(16)15-17/h5-10,17H,2-4,11H2,1H3,(H,15,16)/b10-7+. The number of ether oxygens (including phenoxy) is 1. The first-order valence-corrected chi connectivity index (χ1v) is 6.11. The molecule has 4 nitrogen and oxygen atoms in total. The molecule has 0 spiro atoms. The molecule has 1 aromatic rings. The Labute approximate surface area is 107 Å². The molecule has 0 unspecified atom stereocenters. The molecular weight excluding hydrogens is 230 g/mol. The van der Waals surface area contributed by atoms with Crippen LogP contribution in [-0.2, 0) is 4.79 Å². The fraction of sp³-hybridized carbons (Fsp3) is 0.357. The van der Waals surface area contributed by atoms with Gasteiger partial charge in [-0.05, 0) is 30.2 Å². The lowest BCUT2D eigenvalue weighted by Gasteiger charge is -2.05. The number of hydrogen-bond acceptors (Lipinski definition) is 3. The van der Waals surface area contributed by atoms with Gasteiger partial charge < -0.3 is 4.74 Å². The molecule has 0 radical (unpaired) electrons. The third kappa shape index (κ3) is 5.50. The lowest BCUT2D eigenvalue weighted by atomic mass is 10.2. The predicted molar refractivity (Wildman–Crippen MR) is 70.4 cm³/mol. The number of nitrogens with one attached hydrogen (secondary N) is 1. The highest BCUT2D eigenvalue weighted by Gasteiger charge is 1.95. The second-order valence-corrected chi connectivity index (χ2v) is 3.93. The van der Waals surface area contributed by atoms with E-state index in [-0.39, 0.29) is 0 Å². The van der Waals surface area contributed by atoms with E-state index in [1.165, 1.54) is 24.4 Å². The van der Waals surface area contributed by atoms with Crippen molar-refractivity contribution in [3.05, 3.63) is 35.9 Å². The van der Waals surface area contributed by atoms with E-state index in [1.54, 1.807) is 6.08 Å². The average Bonchev–Trinajstić information content (AvgIpc) is 2.42. The fourth-order valence-electron chi connectivity index (χ4n) is 1.43. The molecule has 1 rings (SSSR count). The molecule has 0 heterocycles. The van der Waals surface area contributed by atoms with E-state index in [9.17, 15) is 4.79 Å². The average molecular weight is 249 g/mol. The van der Waals surface area contributed by atoms with Crippen molar-refractivity contribution < 1.29 is 14.7 Å². The summed E-state index contributed by atoms with van der Waals surface area (Å²) in [4.78, 5) is 10.8. The summed E-state index contributed by atoms with van der Waals surface area (Å²) < 4.78 is 5.57. The zero-order chi connectivity index (χ0) is 13.2. The molecule has 0 saturated carbocycles. The Morgan fingerprint density at radius 3 is 2.67 bits per heavy atom. The van der Waals surface area contributed by atoms with Crippen LogP contribution < -0.4 is 10.2 Å². The molecule has 0 fully saturated rings. The zero-order valence-corrected chi connectivity index (χ0v) is 10.6. The van der Waals surface area contributed by atoms with Crippen LogP contribution in [0.2, 0.25) is 0 Å². The highest BCUT2D eigenvalue weighted by atomic mass is 16.5. The maximum Gasteiger partial charge on any atom is 0.267 e. The maximum atomic E-state index is 10.8. The van der Waals surface area contributed by atoms with Crippen LogP contribution in [0.1, 0.15) is 31.7 Å². The molecule has 0 aliphatic heterocycles. The quantitative estimate of drug-likeness (QED) is 0.338. The van der Waals surface area contributed by atoms with E-state index in [0.29, 0.717) is 0 Å². The minimum absolute atomic E-state index is 0.546.